The van der Waals surface area contributed by atoms with Gasteiger partial charge in [-0.1, -0.05) is 19.1 Å². The summed E-state index contributed by atoms with van der Waals surface area (Å²) in [5.74, 6) is -0.356. The molecule has 0 aromatic heterocycles. The maximum atomic E-state index is 10.7. The van der Waals surface area contributed by atoms with Gasteiger partial charge in [0.1, 0.15) is 12.6 Å². The molecule has 0 aromatic carbocycles. The van der Waals surface area contributed by atoms with Crippen molar-refractivity contribution in [2.24, 2.45) is 5.73 Å². The van der Waals surface area contributed by atoms with Gasteiger partial charge in [-0.25, -0.2) is 0 Å². The minimum atomic E-state index is -0.523. The normalized spacial score (nSPS) is 13.4. The van der Waals surface area contributed by atoms with E-state index in [1.165, 1.54) is 0 Å². The predicted molar refractivity (Wildman–Crippen MR) is 44.0 cm³/mol. The van der Waals surface area contributed by atoms with Crippen LogP contribution in [-0.2, 0) is 9.53 Å². The molecule has 64 valence electrons. The highest BCUT2D eigenvalue weighted by Gasteiger charge is 2.06. The van der Waals surface area contributed by atoms with Gasteiger partial charge in [0.25, 0.3) is 0 Å². The second-order valence-corrected chi connectivity index (χ2v) is 2.30. The van der Waals surface area contributed by atoms with E-state index in [-0.39, 0.29) is 5.97 Å². The Morgan fingerprint density at radius 3 is 2.73 bits per heavy atom. The van der Waals surface area contributed by atoms with Crippen molar-refractivity contribution in [3.8, 4) is 0 Å². The molecule has 1 atom stereocenters. The molecule has 0 saturated heterocycles. The van der Waals surface area contributed by atoms with E-state index in [0.29, 0.717) is 6.61 Å². The number of hydrogen-bond acceptors (Lipinski definition) is 3. The molecule has 0 amide bonds. The quantitative estimate of drug-likeness (QED) is 0.486. The zero-order valence-corrected chi connectivity index (χ0v) is 7.04. The maximum absolute atomic E-state index is 10.7. The van der Waals surface area contributed by atoms with Crippen LogP contribution in [0.5, 0.6) is 0 Å². The van der Waals surface area contributed by atoms with Crippen LogP contribution in [0.2, 0.25) is 0 Å². The Morgan fingerprint density at radius 2 is 2.27 bits per heavy atom. The Hall–Kier alpha value is -0.830. The Bertz CT molecular complexity index is 141. The molecule has 0 bridgehead atoms. The number of esters is 1. The molecular weight excluding hydrogens is 142 g/mol. The third kappa shape index (κ3) is 5.61. The number of carbonyl (C=O) groups excluding carboxylic acids is 1. The fraction of sp³-hybridized carbons (Fsp3) is 0.625. The van der Waals surface area contributed by atoms with E-state index in [1.54, 1.807) is 13.0 Å². The van der Waals surface area contributed by atoms with E-state index in [4.69, 9.17) is 10.5 Å². The molecule has 0 spiro atoms. The van der Waals surface area contributed by atoms with Gasteiger partial charge in [0, 0.05) is 0 Å². The molecule has 0 radical (unpaired) electrons. The number of allylic oxidation sites excluding steroid dienone is 1. The molecule has 0 fully saturated rings. The molecule has 0 aliphatic rings. The van der Waals surface area contributed by atoms with Gasteiger partial charge in [-0.05, 0) is 13.3 Å². The Kier molecular flexibility index (Phi) is 5.47. The molecule has 3 nitrogen and oxygen atoms in total. The lowest BCUT2D eigenvalue weighted by atomic mass is 10.4. The third-order valence-corrected chi connectivity index (χ3v) is 1.10. The van der Waals surface area contributed by atoms with Crippen LogP contribution in [0.3, 0.4) is 0 Å². The number of hydrogen-bond donors (Lipinski definition) is 1. The molecule has 11 heavy (non-hydrogen) atoms. The fourth-order valence-electron chi connectivity index (χ4n) is 0.496. The van der Waals surface area contributed by atoms with Gasteiger partial charge >= 0.3 is 5.97 Å². The fourth-order valence-corrected chi connectivity index (χ4v) is 0.496. The molecule has 0 aliphatic carbocycles. The van der Waals surface area contributed by atoms with E-state index in [1.807, 2.05) is 13.0 Å². The summed E-state index contributed by atoms with van der Waals surface area (Å²) in [6, 6.07) is -0.523. The Morgan fingerprint density at radius 1 is 1.64 bits per heavy atom. The highest BCUT2D eigenvalue weighted by Crippen LogP contribution is 1.85. The average molecular weight is 157 g/mol. The first kappa shape index (κ1) is 10.2. The van der Waals surface area contributed by atoms with Crippen LogP contribution in [0.15, 0.2) is 12.2 Å². The first-order valence-corrected chi connectivity index (χ1v) is 3.75. The molecule has 0 rings (SSSR count). The summed E-state index contributed by atoms with van der Waals surface area (Å²) in [5.41, 5.74) is 5.25. The van der Waals surface area contributed by atoms with Crippen molar-refractivity contribution >= 4 is 5.97 Å². The van der Waals surface area contributed by atoms with Crippen molar-refractivity contribution in [1.82, 2.24) is 0 Å². The third-order valence-electron chi connectivity index (χ3n) is 1.10. The van der Waals surface area contributed by atoms with Crippen molar-refractivity contribution in [3.05, 3.63) is 12.2 Å². The van der Waals surface area contributed by atoms with Gasteiger partial charge in [0.15, 0.2) is 0 Å². The van der Waals surface area contributed by atoms with Crippen molar-refractivity contribution < 1.29 is 9.53 Å². The van der Waals surface area contributed by atoms with Gasteiger partial charge in [-0.3, -0.25) is 4.79 Å². The lowest BCUT2D eigenvalue weighted by Gasteiger charge is -2.03. The summed E-state index contributed by atoms with van der Waals surface area (Å²) in [4.78, 5) is 10.7. The van der Waals surface area contributed by atoms with Crippen LogP contribution in [0, 0.1) is 0 Å². The van der Waals surface area contributed by atoms with Gasteiger partial charge in [0.05, 0.1) is 0 Å². The number of ether oxygens (including phenoxy) is 1. The van der Waals surface area contributed by atoms with E-state index in [2.05, 4.69) is 0 Å². The topological polar surface area (TPSA) is 52.3 Å². The molecule has 0 heterocycles. The molecule has 0 aromatic rings. The zero-order valence-electron chi connectivity index (χ0n) is 7.04. The summed E-state index contributed by atoms with van der Waals surface area (Å²) in [7, 11) is 0. The Labute approximate surface area is 67.2 Å². The summed E-state index contributed by atoms with van der Waals surface area (Å²) >= 11 is 0. The molecule has 2 N–H and O–H groups in total. The van der Waals surface area contributed by atoms with E-state index >= 15 is 0 Å². The minimum absolute atomic E-state index is 0.328. The van der Waals surface area contributed by atoms with Crippen molar-refractivity contribution in [2.45, 2.75) is 26.3 Å². The van der Waals surface area contributed by atoms with Crippen molar-refractivity contribution in [2.75, 3.05) is 6.61 Å². The van der Waals surface area contributed by atoms with Crippen LogP contribution >= 0.6 is 0 Å². The van der Waals surface area contributed by atoms with Crippen molar-refractivity contribution in [3.63, 3.8) is 0 Å². The van der Waals surface area contributed by atoms with Crippen LogP contribution in [0.1, 0.15) is 20.3 Å². The van der Waals surface area contributed by atoms with Crippen LogP contribution in [0.25, 0.3) is 0 Å². The smallest absolute Gasteiger partial charge is 0.322 e. The highest BCUT2D eigenvalue weighted by atomic mass is 16.5. The van der Waals surface area contributed by atoms with Crippen LogP contribution < -0.4 is 5.73 Å². The summed E-state index contributed by atoms with van der Waals surface area (Å²) < 4.78 is 4.75. The predicted octanol–water partition coefficient (Wildman–Crippen LogP) is 0.843. The van der Waals surface area contributed by atoms with Crippen LogP contribution in [0.4, 0.5) is 0 Å². The second-order valence-electron chi connectivity index (χ2n) is 2.30. The molecule has 0 unspecified atom stereocenters. The first-order valence-electron chi connectivity index (χ1n) is 3.75. The zero-order chi connectivity index (χ0) is 8.69. The summed E-state index contributed by atoms with van der Waals surface area (Å²) in [6.07, 6.45) is 4.70. The van der Waals surface area contributed by atoms with E-state index < -0.39 is 6.04 Å². The van der Waals surface area contributed by atoms with Crippen LogP contribution in [-0.4, -0.2) is 18.6 Å². The molecule has 0 aliphatic heterocycles. The lowest BCUT2D eigenvalue weighted by molar-refractivity contribution is -0.143. The SMILES string of the molecule is CCC=CCOC(=O)[C@H](C)N. The van der Waals surface area contributed by atoms with E-state index in [9.17, 15) is 4.79 Å². The standard InChI is InChI=1S/C8H15NO2/c1-3-4-5-6-11-8(10)7(2)9/h4-5,7H,3,6,9H2,1-2H3/t7-/m0/s1. The van der Waals surface area contributed by atoms with Gasteiger partial charge in [-0.2, -0.15) is 0 Å². The molecule has 3 heteroatoms. The molecule has 0 saturated carbocycles. The number of rotatable bonds is 4. The number of carbonyl (C=O) groups is 1. The largest absolute Gasteiger partial charge is 0.460 e. The minimum Gasteiger partial charge on any atom is -0.460 e. The second kappa shape index (κ2) is 5.92. The molecular formula is C8H15NO2. The monoisotopic (exact) mass is 157 g/mol. The Balaban J connectivity index is 3.39. The van der Waals surface area contributed by atoms with E-state index in [0.717, 1.165) is 6.42 Å². The maximum Gasteiger partial charge on any atom is 0.322 e. The summed E-state index contributed by atoms with van der Waals surface area (Å²) in [5, 5.41) is 0. The lowest BCUT2D eigenvalue weighted by Crippen LogP contribution is -2.28. The van der Waals surface area contributed by atoms with Crippen molar-refractivity contribution in [1.29, 1.82) is 0 Å². The van der Waals surface area contributed by atoms with Gasteiger partial charge in [-0.15, -0.1) is 0 Å². The van der Waals surface area contributed by atoms with Gasteiger partial charge in [0.2, 0.25) is 0 Å². The average Bonchev–Trinajstić information content (AvgIpc) is 1.97. The highest BCUT2D eigenvalue weighted by molar-refractivity contribution is 5.74. The number of nitrogens with two attached hydrogens (primary N) is 1. The van der Waals surface area contributed by atoms with Gasteiger partial charge < -0.3 is 10.5 Å². The first-order chi connectivity index (χ1) is 5.18. The summed E-state index contributed by atoms with van der Waals surface area (Å²) in [6.45, 7) is 3.95.